The number of carbonyl (C=O) groups is 1. The van der Waals surface area contributed by atoms with Crippen LogP contribution in [0.1, 0.15) is 30.1 Å². The van der Waals surface area contributed by atoms with E-state index in [9.17, 15) is 4.79 Å². The van der Waals surface area contributed by atoms with E-state index in [-0.39, 0.29) is 24.4 Å². The number of amides is 1. The number of hydrogen-bond acceptors (Lipinski definition) is 3. The molecular formula is C15H22BrClN2O2. The molecule has 1 fully saturated rings. The van der Waals surface area contributed by atoms with Crippen LogP contribution in [0.15, 0.2) is 22.7 Å². The number of hydrogen-bond donors (Lipinski definition) is 2. The fourth-order valence-electron chi connectivity index (χ4n) is 2.51. The van der Waals surface area contributed by atoms with Crippen molar-refractivity contribution in [2.45, 2.75) is 25.8 Å². The van der Waals surface area contributed by atoms with Crippen molar-refractivity contribution in [3.05, 3.63) is 28.2 Å². The third-order valence-corrected chi connectivity index (χ3v) is 4.51. The number of carbonyl (C=O) groups excluding carboxylic acids is 1. The maximum Gasteiger partial charge on any atom is 0.252 e. The summed E-state index contributed by atoms with van der Waals surface area (Å²) >= 11 is 3.42. The maximum absolute atomic E-state index is 12.4. The van der Waals surface area contributed by atoms with Crippen LogP contribution < -0.4 is 15.4 Å². The van der Waals surface area contributed by atoms with Crippen LogP contribution in [0.4, 0.5) is 0 Å². The number of rotatable bonds is 4. The van der Waals surface area contributed by atoms with Gasteiger partial charge in [-0.15, -0.1) is 12.4 Å². The Bertz CT molecular complexity index is 479. The summed E-state index contributed by atoms with van der Waals surface area (Å²) in [5.74, 6) is 1.12. The predicted molar refractivity (Wildman–Crippen MR) is 90.5 cm³/mol. The Balaban J connectivity index is 0.00000220. The average Bonchev–Trinajstić information content (AvgIpc) is 2.48. The van der Waals surface area contributed by atoms with Crippen LogP contribution in [-0.2, 0) is 0 Å². The number of halogens is 2. The van der Waals surface area contributed by atoms with Crippen molar-refractivity contribution in [3.8, 4) is 5.75 Å². The molecule has 6 heteroatoms. The summed E-state index contributed by atoms with van der Waals surface area (Å²) in [6.45, 7) is 4.13. The van der Waals surface area contributed by atoms with Gasteiger partial charge in [0.15, 0.2) is 0 Å². The zero-order chi connectivity index (χ0) is 14.5. The minimum absolute atomic E-state index is 0. The summed E-state index contributed by atoms with van der Waals surface area (Å²) in [5.41, 5.74) is 0.611. The van der Waals surface area contributed by atoms with E-state index in [4.69, 9.17) is 4.74 Å². The molecule has 0 saturated carbocycles. The molecule has 0 radical (unpaired) electrons. The highest BCUT2D eigenvalue weighted by atomic mass is 79.9. The van der Waals surface area contributed by atoms with E-state index in [0.717, 1.165) is 24.0 Å². The first-order valence-corrected chi connectivity index (χ1v) is 7.76. The molecule has 1 heterocycles. The number of piperidine rings is 1. The van der Waals surface area contributed by atoms with Crippen LogP contribution in [0, 0.1) is 5.92 Å². The smallest absolute Gasteiger partial charge is 0.252 e. The zero-order valence-corrected chi connectivity index (χ0v) is 14.7. The molecule has 2 rings (SSSR count). The number of benzene rings is 1. The Morgan fingerprint density at radius 1 is 1.52 bits per heavy atom. The summed E-state index contributed by atoms with van der Waals surface area (Å²) in [6.07, 6.45) is 2.33. The van der Waals surface area contributed by atoms with Gasteiger partial charge in [-0.2, -0.15) is 0 Å². The lowest BCUT2D eigenvalue weighted by Gasteiger charge is -2.29. The third kappa shape index (κ3) is 4.87. The lowest BCUT2D eigenvalue weighted by molar-refractivity contribution is 0.0921. The number of ether oxygens (including phenoxy) is 1. The highest BCUT2D eigenvalue weighted by Crippen LogP contribution is 2.23. The topological polar surface area (TPSA) is 50.4 Å². The van der Waals surface area contributed by atoms with Crippen LogP contribution >= 0.6 is 28.3 Å². The van der Waals surface area contributed by atoms with Crippen molar-refractivity contribution in [1.29, 1.82) is 0 Å². The minimum Gasteiger partial charge on any atom is -0.497 e. The SMILES string of the molecule is COc1ccc(Br)c(C(=O)NC(C)C2CCCNC2)c1.Cl. The fraction of sp³-hybridized carbons (Fsp3) is 0.533. The fourth-order valence-corrected chi connectivity index (χ4v) is 2.94. The Labute approximate surface area is 140 Å². The summed E-state index contributed by atoms with van der Waals surface area (Å²) in [4.78, 5) is 12.4. The standard InChI is InChI=1S/C15H21BrN2O2.ClH/c1-10(11-4-3-7-17-9-11)18-15(19)13-8-12(20-2)5-6-14(13)16;/h5-6,8,10-11,17H,3-4,7,9H2,1-2H3,(H,18,19);1H. The van der Waals surface area contributed by atoms with E-state index in [1.54, 1.807) is 13.2 Å². The zero-order valence-electron chi connectivity index (χ0n) is 12.3. The second-order valence-electron chi connectivity index (χ2n) is 5.21. The highest BCUT2D eigenvalue weighted by molar-refractivity contribution is 9.10. The van der Waals surface area contributed by atoms with Gasteiger partial charge in [-0.3, -0.25) is 4.79 Å². The second kappa shape index (κ2) is 8.61. The first-order chi connectivity index (χ1) is 9.61. The van der Waals surface area contributed by atoms with Crippen molar-refractivity contribution in [2.24, 2.45) is 5.92 Å². The molecule has 2 atom stereocenters. The number of nitrogens with one attached hydrogen (secondary N) is 2. The third-order valence-electron chi connectivity index (χ3n) is 3.82. The summed E-state index contributed by atoms with van der Waals surface area (Å²) < 4.78 is 5.95. The van der Waals surface area contributed by atoms with Crippen LogP contribution in [0.25, 0.3) is 0 Å². The highest BCUT2D eigenvalue weighted by Gasteiger charge is 2.22. The lowest BCUT2D eigenvalue weighted by Crippen LogP contribution is -2.44. The largest absolute Gasteiger partial charge is 0.497 e. The lowest BCUT2D eigenvalue weighted by atomic mass is 9.92. The molecule has 1 amide bonds. The monoisotopic (exact) mass is 376 g/mol. The van der Waals surface area contributed by atoms with Gasteiger partial charge in [0.05, 0.1) is 12.7 Å². The van der Waals surface area contributed by atoms with E-state index >= 15 is 0 Å². The normalized spacial score (nSPS) is 19.3. The van der Waals surface area contributed by atoms with Crippen LogP contribution in [0.5, 0.6) is 5.75 Å². The van der Waals surface area contributed by atoms with E-state index in [0.29, 0.717) is 17.2 Å². The first-order valence-electron chi connectivity index (χ1n) is 6.97. The average molecular weight is 378 g/mol. The molecule has 1 aliphatic rings. The Morgan fingerprint density at radius 3 is 2.90 bits per heavy atom. The van der Waals surface area contributed by atoms with Crippen molar-refractivity contribution in [3.63, 3.8) is 0 Å². The van der Waals surface area contributed by atoms with Crippen molar-refractivity contribution in [1.82, 2.24) is 10.6 Å². The van der Waals surface area contributed by atoms with Crippen molar-refractivity contribution >= 4 is 34.2 Å². The Morgan fingerprint density at radius 2 is 2.29 bits per heavy atom. The van der Waals surface area contributed by atoms with Gasteiger partial charge in [-0.1, -0.05) is 0 Å². The minimum atomic E-state index is -0.0613. The van der Waals surface area contributed by atoms with Crippen LogP contribution in [-0.4, -0.2) is 32.1 Å². The van der Waals surface area contributed by atoms with Gasteiger partial charge in [0.25, 0.3) is 5.91 Å². The molecule has 0 bridgehead atoms. The predicted octanol–water partition coefficient (Wildman–Crippen LogP) is 3.00. The Hall–Kier alpha value is -0.780. The first kappa shape index (κ1) is 18.3. The molecular weight excluding hydrogens is 356 g/mol. The van der Waals surface area contributed by atoms with E-state index < -0.39 is 0 Å². The van der Waals surface area contributed by atoms with Gasteiger partial charge in [0, 0.05) is 10.5 Å². The summed E-state index contributed by atoms with van der Waals surface area (Å²) in [6, 6.07) is 5.58. The van der Waals surface area contributed by atoms with Gasteiger partial charge >= 0.3 is 0 Å². The summed E-state index contributed by atoms with van der Waals surface area (Å²) in [5, 5.41) is 6.47. The summed E-state index contributed by atoms with van der Waals surface area (Å²) in [7, 11) is 1.60. The molecule has 0 spiro atoms. The van der Waals surface area contributed by atoms with E-state index in [1.165, 1.54) is 6.42 Å². The Kier molecular flexibility index (Phi) is 7.49. The molecule has 1 aromatic carbocycles. The van der Waals surface area contributed by atoms with Gasteiger partial charge in [0.2, 0.25) is 0 Å². The van der Waals surface area contributed by atoms with Crippen LogP contribution in [0.2, 0.25) is 0 Å². The van der Waals surface area contributed by atoms with Gasteiger partial charge in [-0.25, -0.2) is 0 Å². The van der Waals surface area contributed by atoms with Crippen molar-refractivity contribution < 1.29 is 9.53 Å². The molecule has 0 aromatic heterocycles. The van der Waals surface area contributed by atoms with E-state index in [2.05, 4.69) is 33.5 Å². The molecule has 21 heavy (non-hydrogen) atoms. The molecule has 1 aromatic rings. The van der Waals surface area contributed by atoms with E-state index in [1.807, 2.05) is 12.1 Å². The quantitative estimate of drug-likeness (QED) is 0.848. The number of methoxy groups -OCH3 is 1. The van der Waals surface area contributed by atoms with Crippen LogP contribution in [0.3, 0.4) is 0 Å². The molecule has 1 saturated heterocycles. The molecule has 0 aliphatic carbocycles. The molecule has 1 aliphatic heterocycles. The van der Waals surface area contributed by atoms with Gasteiger partial charge in [-0.05, 0) is 72.9 Å². The van der Waals surface area contributed by atoms with Crippen molar-refractivity contribution in [2.75, 3.05) is 20.2 Å². The van der Waals surface area contributed by atoms with Gasteiger partial charge in [0.1, 0.15) is 5.75 Å². The maximum atomic E-state index is 12.4. The second-order valence-corrected chi connectivity index (χ2v) is 6.07. The molecule has 4 nitrogen and oxygen atoms in total. The molecule has 2 N–H and O–H groups in total. The molecule has 2 unspecified atom stereocenters. The van der Waals surface area contributed by atoms with Gasteiger partial charge < -0.3 is 15.4 Å². The molecule has 118 valence electrons.